The second kappa shape index (κ2) is 10.1. The quantitative estimate of drug-likeness (QED) is 0.304. The van der Waals surface area contributed by atoms with Gasteiger partial charge in [0.15, 0.2) is 5.65 Å². The first-order valence-corrected chi connectivity index (χ1v) is 12.5. The Morgan fingerprint density at radius 1 is 1.28 bits per heavy atom. The van der Waals surface area contributed by atoms with Crippen LogP contribution in [0.2, 0.25) is 0 Å². The molecule has 0 unspecified atom stereocenters. The highest BCUT2D eigenvalue weighted by Crippen LogP contribution is 2.33. The Morgan fingerprint density at radius 2 is 2.08 bits per heavy atom. The summed E-state index contributed by atoms with van der Waals surface area (Å²) in [6, 6.07) is 6.32. The molecular formula is C25H26BrFN8O. The third-order valence-electron chi connectivity index (χ3n) is 6.43. The number of halogens is 2. The molecule has 1 fully saturated rings. The van der Waals surface area contributed by atoms with Gasteiger partial charge in [0.2, 0.25) is 0 Å². The van der Waals surface area contributed by atoms with Crippen molar-refractivity contribution in [1.82, 2.24) is 29.8 Å². The number of likely N-dealkylation sites (tertiary alicyclic amines) is 1. The van der Waals surface area contributed by atoms with Gasteiger partial charge in [-0.2, -0.15) is 9.61 Å². The van der Waals surface area contributed by atoms with Crippen LogP contribution < -0.4 is 16.4 Å². The first kappa shape index (κ1) is 24.0. The molecular weight excluding hydrogens is 527 g/mol. The van der Waals surface area contributed by atoms with Crippen LogP contribution >= 0.6 is 15.9 Å². The van der Waals surface area contributed by atoms with Gasteiger partial charge in [-0.3, -0.25) is 4.98 Å². The number of piperidine rings is 1. The summed E-state index contributed by atoms with van der Waals surface area (Å²) in [4.78, 5) is 23.2. The topological polar surface area (TPSA) is 113 Å². The lowest BCUT2D eigenvalue weighted by atomic mass is 9.97. The number of fused-ring (bicyclic) bond motifs is 2. The van der Waals surface area contributed by atoms with Crippen molar-refractivity contribution in [2.75, 3.05) is 37.2 Å². The number of aromatic nitrogens is 4. The fourth-order valence-electron chi connectivity index (χ4n) is 4.42. The van der Waals surface area contributed by atoms with Crippen LogP contribution in [-0.4, -0.2) is 56.7 Å². The summed E-state index contributed by atoms with van der Waals surface area (Å²) in [5.41, 5.74) is 9.17. The third kappa shape index (κ3) is 4.70. The molecule has 0 aliphatic carbocycles. The summed E-state index contributed by atoms with van der Waals surface area (Å²) in [7, 11) is 0. The molecule has 11 heteroatoms. The van der Waals surface area contributed by atoms with Crippen LogP contribution in [0.1, 0.15) is 12.8 Å². The van der Waals surface area contributed by atoms with E-state index in [1.807, 2.05) is 11.0 Å². The Bertz CT molecular complexity index is 1450. The van der Waals surface area contributed by atoms with E-state index >= 15 is 0 Å². The Morgan fingerprint density at radius 3 is 2.86 bits per heavy atom. The van der Waals surface area contributed by atoms with Crippen molar-refractivity contribution in [2.45, 2.75) is 12.8 Å². The molecule has 0 bridgehead atoms. The number of pyridine rings is 1. The fraction of sp³-hybridized carbons (Fsp3) is 0.280. The predicted octanol–water partition coefficient (Wildman–Crippen LogP) is 4.45. The maximum atomic E-state index is 13.8. The number of benzene rings is 1. The first-order valence-electron chi connectivity index (χ1n) is 11.7. The van der Waals surface area contributed by atoms with E-state index in [0.717, 1.165) is 24.0 Å². The average molecular weight is 553 g/mol. The zero-order valence-corrected chi connectivity index (χ0v) is 21.1. The van der Waals surface area contributed by atoms with Crippen LogP contribution in [0.25, 0.3) is 27.7 Å². The molecule has 36 heavy (non-hydrogen) atoms. The molecule has 1 aromatic carbocycles. The van der Waals surface area contributed by atoms with E-state index in [9.17, 15) is 9.18 Å². The smallest absolute Gasteiger partial charge is 0.317 e. The van der Waals surface area contributed by atoms with E-state index in [1.165, 1.54) is 12.1 Å². The Balaban J connectivity index is 1.34. The molecule has 4 N–H and O–H groups in total. The highest BCUT2D eigenvalue weighted by molar-refractivity contribution is 9.10. The summed E-state index contributed by atoms with van der Waals surface area (Å²) in [6.07, 6.45) is 6.86. The summed E-state index contributed by atoms with van der Waals surface area (Å²) in [6.45, 7) is 6.19. The summed E-state index contributed by atoms with van der Waals surface area (Å²) in [5.74, 6) is 1.11. The number of hydrogen-bond acceptors (Lipinski definition) is 6. The van der Waals surface area contributed by atoms with E-state index in [1.54, 1.807) is 29.1 Å². The minimum Gasteiger partial charge on any atom is -0.383 e. The molecule has 2 amide bonds. The number of nitrogens with one attached hydrogen (secondary N) is 2. The molecule has 3 aromatic heterocycles. The average Bonchev–Trinajstić information content (AvgIpc) is 3.32. The van der Waals surface area contributed by atoms with Gasteiger partial charge in [0, 0.05) is 48.9 Å². The molecule has 0 spiro atoms. The molecule has 4 heterocycles. The highest BCUT2D eigenvalue weighted by atomic mass is 79.9. The lowest BCUT2D eigenvalue weighted by Crippen LogP contribution is -2.45. The monoisotopic (exact) mass is 552 g/mol. The number of nitrogens with zero attached hydrogens (tertiary/aromatic N) is 5. The minimum atomic E-state index is -0.317. The van der Waals surface area contributed by atoms with Crippen molar-refractivity contribution >= 4 is 50.1 Å². The lowest BCUT2D eigenvalue weighted by molar-refractivity contribution is 0.173. The van der Waals surface area contributed by atoms with E-state index in [2.05, 4.69) is 43.2 Å². The van der Waals surface area contributed by atoms with Gasteiger partial charge >= 0.3 is 6.03 Å². The molecule has 0 atom stereocenters. The lowest BCUT2D eigenvalue weighted by Gasteiger charge is -2.32. The van der Waals surface area contributed by atoms with Crippen molar-refractivity contribution in [3.05, 3.63) is 59.6 Å². The fourth-order valence-corrected chi connectivity index (χ4v) is 4.81. The maximum Gasteiger partial charge on any atom is 0.317 e. The zero-order chi connectivity index (χ0) is 25.2. The third-order valence-corrected chi connectivity index (χ3v) is 7.22. The molecule has 9 nitrogen and oxygen atoms in total. The number of anilines is 2. The number of rotatable bonds is 6. The maximum absolute atomic E-state index is 13.8. The van der Waals surface area contributed by atoms with E-state index in [-0.39, 0.29) is 11.8 Å². The van der Waals surface area contributed by atoms with Crippen molar-refractivity contribution in [3.63, 3.8) is 0 Å². The van der Waals surface area contributed by atoms with Crippen molar-refractivity contribution in [2.24, 2.45) is 5.92 Å². The van der Waals surface area contributed by atoms with Crippen LogP contribution in [0, 0.1) is 11.7 Å². The van der Waals surface area contributed by atoms with Gasteiger partial charge in [-0.25, -0.2) is 14.2 Å². The molecule has 4 aromatic rings. The largest absolute Gasteiger partial charge is 0.383 e. The number of carbonyl (C=O) groups excluding carboxylic acids is 1. The number of carbonyl (C=O) groups is 1. The molecule has 0 radical (unpaired) electrons. The number of urea groups is 1. The molecule has 0 saturated carbocycles. The normalized spacial score (nSPS) is 14.3. The van der Waals surface area contributed by atoms with E-state index in [4.69, 9.17) is 10.7 Å². The van der Waals surface area contributed by atoms with Gasteiger partial charge in [-0.1, -0.05) is 6.08 Å². The molecule has 1 aliphatic heterocycles. The van der Waals surface area contributed by atoms with Gasteiger partial charge in [0.05, 0.1) is 11.7 Å². The van der Waals surface area contributed by atoms with Gasteiger partial charge < -0.3 is 21.3 Å². The molecule has 1 aliphatic rings. The Kier molecular flexibility index (Phi) is 6.73. The summed E-state index contributed by atoms with van der Waals surface area (Å²) in [5, 5.41) is 11.4. The zero-order valence-electron chi connectivity index (χ0n) is 19.5. The van der Waals surface area contributed by atoms with E-state index < -0.39 is 0 Å². The van der Waals surface area contributed by atoms with Gasteiger partial charge in [-0.15, -0.1) is 6.58 Å². The van der Waals surface area contributed by atoms with Crippen LogP contribution in [0.15, 0.2) is 53.8 Å². The van der Waals surface area contributed by atoms with Crippen LogP contribution in [0.5, 0.6) is 0 Å². The van der Waals surface area contributed by atoms with Crippen molar-refractivity contribution < 1.29 is 9.18 Å². The van der Waals surface area contributed by atoms with Gasteiger partial charge in [-0.05, 0) is 59.0 Å². The van der Waals surface area contributed by atoms with Gasteiger partial charge in [0.1, 0.15) is 21.9 Å². The predicted molar refractivity (Wildman–Crippen MR) is 142 cm³/mol. The van der Waals surface area contributed by atoms with Gasteiger partial charge in [0.25, 0.3) is 0 Å². The van der Waals surface area contributed by atoms with Crippen molar-refractivity contribution in [1.29, 1.82) is 0 Å². The number of amides is 2. The first-order chi connectivity index (χ1) is 17.4. The van der Waals surface area contributed by atoms with Crippen LogP contribution in [0.3, 0.4) is 0 Å². The Labute approximate surface area is 215 Å². The summed E-state index contributed by atoms with van der Waals surface area (Å²) >= 11 is 3.55. The van der Waals surface area contributed by atoms with Crippen LogP contribution in [-0.2, 0) is 0 Å². The van der Waals surface area contributed by atoms with E-state index in [0.29, 0.717) is 64.8 Å². The highest BCUT2D eigenvalue weighted by Gasteiger charge is 2.23. The number of nitrogen functional groups attached to an aromatic ring is 1. The minimum absolute atomic E-state index is 0.0527. The van der Waals surface area contributed by atoms with Crippen LogP contribution in [0.4, 0.5) is 20.8 Å². The molecule has 1 saturated heterocycles. The second-order valence-electron chi connectivity index (χ2n) is 8.80. The Hall–Kier alpha value is -3.73. The molecule has 5 rings (SSSR count). The SMILES string of the molecule is C=CCNC(=O)N1CCC(CNc2nc3c(-c4cnc5ccc(F)cc5c4)cnn3c(N)c2Br)CC1. The standard InChI is InChI=1S/C25H26BrFN8O/c1-2-7-29-25(36)34-8-5-15(6-9-34)12-31-23-21(26)22(28)35-24(33-23)19(14-32-35)17-10-16-11-18(27)3-4-20(16)30-13-17/h2-4,10-11,13-15H,1,5-9,12,28H2,(H,29,36)(H,31,33). The summed E-state index contributed by atoms with van der Waals surface area (Å²) < 4.78 is 15.9. The second-order valence-corrected chi connectivity index (χ2v) is 9.59. The van der Waals surface area contributed by atoms with Crippen molar-refractivity contribution in [3.8, 4) is 11.1 Å². The number of hydrogen-bond donors (Lipinski definition) is 3. The molecule has 186 valence electrons. The number of nitrogens with two attached hydrogens (primary N) is 1.